The number of sulfonamides is 1. The SMILES string of the molecule is Cc1ccccc1C1=C(O)c2ccsc2N(CC(F)(F)F)S1(=O)=O. The second-order valence-electron chi connectivity index (χ2n) is 5.26. The second-order valence-corrected chi connectivity index (χ2v) is 7.95. The molecule has 1 N–H and O–H groups in total. The van der Waals surface area contributed by atoms with Crippen LogP contribution in [0, 0.1) is 6.92 Å². The lowest BCUT2D eigenvalue weighted by molar-refractivity contribution is -0.117. The van der Waals surface area contributed by atoms with E-state index in [9.17, 15) is 26.7 Å². The van der Waals surface area contributed by atoms with Crippen molar-refractivity contribution in [3.63, 3.8) is 0 Å². The number of aliphatic hydroxyl groups excluding tert-OH is 1. The van der Waals surface area contributed by atoms with Crippen LogP contribution in [0.3, 0.4) is 0 Å². The Morgan fingerprint density at radius 3 is 2.46 bits per heavy atom. The quantitative estimate of drug-likeness (QED) is 0.858. The van der Waals surface area contributed by atoms with Gasteiger partial charge in [0.15, 0.2) is 0 Å². The second kappa shape index (κ2) is 5.52. The molecule has 3 rings (SSSR count). The molecule has 9 heteroatoms. The normalized spacial score (nSPS) is 17.1. The molecule has 1 aliphatic heterocycles. The fraction of sp³-hybridized carbons (Fsp3) is 0.200. The van der Waals surface area contributed by atoms with Gasteiger partial charge in [-0.2, -0.15) is 13.2 Å². The summed E-state index contributed by atoms with van der Waals surface area (Å²) in [6.45, 7) is -0.0200. The van der Waals surface area contributed by atoms with Gasteiger partial charge in [0.25, 0.3) is 10.0 Å². The molecule has 1 aromatic heterocycles. The minimum absolute atomic E-state index is 0.0809. The van der Waals surface area contributed by atoms with E-state index in [1.165, 1.54) is 17.5 Å². The summed E-state index contributed by atoms with van der Waals surface area (Å²) in [4.78, 5) is -0.504. The largest absolute Gasteiger partial charge is 0.506 e. The van der Waals surface area contributed by atoms with Gasteiger partial charge >= 0.3 is 6.18 Å². The Bertz CT molecular complexity index is 929. The van der Waals surface area contributed by atoms with Crippen molar-refractivity contribution in [2.75, 3.05) is 10.8 Å². The van der Waals surface area contributed by atoms with Gasteiger partial charge in [-0.15, -0.1) is 11.3 Å². The Labute approximate surface area is 140 Å². The van der Waals surface area contributed by atoms with Gasteiger partial charge in [0.05, 0.1) is 5.56 Å². The molecule has 0 spiro atoms. The van der Waals surface area contributed by atoms with E-state index < -0.39 is 33.4 Å². The smallest absolute Gasteiger partial charge is 0.407 e. The van der Waals surface area contributed by atoms with E-state index in [1.807, 2.05) is 0 Å². The van der Waals surface area contributed by atoms with Gasteiger partial charge in [-0.05, 0) is 23.9 Å². The van der Waals surface area contributed by atoms with Crippen LogP contribution in [0.1, 0.15) is 16.7 Å². The van der Waals surface area contributed by atoms with Crippen LogP contribution < -0.4 is 4.31 Å². The van der Waals surface area contributed by atoms with E-state index in [1.54, 1.807) is 25.1 Å². The molecule has 1 aromatic carbocycles. The summed E-state index contributed by atoms with van der Waals surface area (Å²) in [7, 11) is -4.55. The standard InChI is InChI=1S/C15H12F3NO3S2/c1-9-4-2-3-5-10(9)13-12(20)11-6-7-23-14(11)19(24(13,21)22)8-15(16,17)18/h2-7,20H,8H2,1H3. The Balaban J connectivity index is 2.29. The van der Waals surface area contributed by atoms with Crippen LogP contribution in [0.2, 0.25) is 0 Å². The molecule has 0 fully saturated rings. The fourth-order valence-electron chi connectivity index (χ4n) is 2.55. The molecule has 24 heavy (non-hydrogen) atoms. The highest BCUT2D eigenvalue weighted by Gasteiger charge is 2.44. The first-order valence-corrected chi connectivity index (χ1v) is 9.11. The predicted molar refractivity (Wildman–Crippen MR) is 87.3 cm³/mol. The number of thiophene rings is 1. The molecule has 0 unspecified atom stereocenters. The van der Waals surface area contributed by atoms with Crippen molar-refractivity contribution in [2.45, 2.75) is 13.1 Å². The Morgan fingerprint density at radius 2 is 1.83 bits per heavy atom. The number of aliphatic hydroxyl groups is 1. The summed E-state index contributed by atoms with van der Waals surface area (Å²) < 4.78 is 64.7. The summed E-state index contributed by atoms with van der Waals surface area (Å²) in [6, 6.07) is 7.74. The third-order valence-corrected chi connectivity index (χ3v) is 6.47. The van der Waals surface area contributed by atoms with Crippen LogP contribution >= 0.6 is 11.3 Å². The number of nitrogens with zero attached hydrogens (tertiary/aromatic N) is 1. The van der Waals surface area contributed by atoms with Gasteiger partial charge in [0.1, 0.15) is 22.2 Å². The van der Waals surface area contributed by atoms with E-state index in [0.29, 0.717) is 9.87 Å². The van der Waals surface area contributed by atoms with Gasteiger partial charge in [0, 0.05) is 5.56 Å². The van der Waals surface area contributed by atoms with Crippen molar-refractivity contribution in [3.05, 3.63) is 52.4 Å². The molecule has 0 atom stereocenters. The molecular weight excluding hydrogens is 363 g/mol. The highest BCUT2D eigenvalue weighted by molar-refractivity contribution is 8.02. The van der Waals surface area contributed by atoms with Crippen LogP contribution in [0.5, 0.6) is 0 Å². The molecule has 4 nitrogen and oxygen atoms in total. The molecule has 0 amide bonds. The number of alkyl halides is 3. The molecule has 2 heterocycles. The van der Waals surface area contributed by atoms with Crippen LogP contribution in [0.25, 0.3) is 10.7 Å². The minimum Gasteiger partial charge on any atom is -0.506 e. The third-order valence-electron chi connectivity index (χ3n) is 3.60. The average Bonchev–Trinajstić information content (AvgIpc) is 2.94. The van der Waals surface area contributed by atoms with Crippen molar-refractivity contribution < 1.29 is 26.7 Å². The topological polar surface area (TPSA) is 57.6 Å². The summed E-state index contributed by atoms with van der Waals surface area (Å²) in [5.74, 6) is -0.529. The first-order chi connectivity index (χ1) is 11.1. The maximum absolute atomic E-state index is 12.9. The molecule has 1 aliphatic rings. The van der Waals surface area contributed by atoms with Crippen molar-refractivity contribution in [1.29, 1.82) is 0 Å². The number of aryl methyl sites for hydroxylation is 1. The zero-order valence-electron chi connectivity index (χ0n) is 12.3. The third kappa shape index (κ3) is 2.67. The first-order valence-electron chi connectivity index (χ1n) is 6.79. The monoisotopic (exact) mass is 375 g/mol. The molecule has 2 aromatic rings. The lowest BCUT2D eigenvalue weighted by Crippen LogP contribution is -2.41. The van der Waals surface area contributed by atoms with E-state index >= 15 is 0 Å². The first kappa shape index (κ1) is 16.8. The maximum Gasteiger partial charge on any atom is 0.407 e. The number of fused-ring (bicyclic) bond motifs is 1. The van der Waals surface area contributed by atoms with Crippen LogP contribution in [-0.2, 0) is 10.0 Å². The van der Waals surface area contributed by atoms with Crippen LogP contribution in [0.15, 0.2) is 35.7 Å². The molecule has 0 aliphatic carbocycles. The molecule has 0 saturated heterocycles. The van der Waals surface area contributed by atoms with E-state index in [2.05, 4.69) is 0 Å². The van der Waals surface area contributed by atoms with Gasteiger partial charge in [0.2, 0.25) is 0 Å². The summed E-state index contributed by atoms with van der Waals surface area (Å²) in [6.07, 6.45) is -4.71. The molecule has 128 valence electrons. The zero-order valence-corrected chi connectivity index (χ0v) is 14.0. The Kier molecular flexibility index (Phi) is 3.88. The number of rotatable bonds is 2. The molecule has 0 bridgehead atoms. The number of anilines is 1. The highest BCUT2D eigenvalue weighted by atomic mass is 32.2. The van der Waals surface area contributed by atoms with E-state index in [4.69, 9.17) is 0 Å². The summed E-state index contributed by atoms with van der Waals surface area (Å²) in [5.41, 5.74) is 0.796. The number of hydrogen-bond donors (Lipinski definition) is 1. The van der Waals surface area contributed by atoms with Gasteiger partial charge in [-0.25, -0.2) is 12.7 Å². The number of halogens is 3. The lowest BCUT2D eigenvalue weighted by Gasteiger charge is -2.30. The van der Waals surface area contributed by atoms with E-state index in [0.717, 1.165) is 11.3 Å². The van der Waals surface area contributed by atoms with Crippen LogP contribution in [-0.4, -0.2) is 26.2 Å². The molecule has 0 radical (unpaired) electrons. The summed E-state index contributed by atoms with van der Waals surface area (Å²) >= 11 is 0.834. The minimum atomic E-state index is -4.71. The maximum atomic E-state index is 12.9. The Hall–Kier alpha value is -2.00. The molecule has 0 saturated carbocycles. The van der Waals surface area contributed by atoms with E-state index in [-0.39, 0.29) is 16.1 Å². The highest BCUT2D eigenvalue weighted by Crippen LogP contribution is 2.46. The van der Waals surface area contributed by atoms with Crippen molar-refractivity contribution in [3.8, 4) is 0 Å². The Morgan fingerprint density at radius 1 is 1.17 bits per heavy atom. The zero-order chi connectivity index (χ0) is 17.7. The van der Waals surface area contributed by atoms with Crippen LogP contribution in [0.4, 0.5) is 18.2 Å². The fourth-order valence-corrected chi connectivity index (χ4v) is 5.50. The predicted octanol–water partition coefficient (Wildman–Crippen LogP) is 4.15. The van der Waals surface area contributed by atoms with Gasteiger partial charge < -0.3 is 5.11 Å². The van der Waals surface area contributed by atoms with Crippen molar-refractivity contribution in [1.82, 2.24) is 0 Å². The number of benzene rings is 1. The molecular formula is C15H12F3NO3S2. The van der Waals surface area contributed by atoms with Gasteiger partial charge in [-0.3, -0.25) is 0 Å². The number of hydrogen-bond acceptors (Lipinski definition) is 4. The average molecular weight is 375 g/mol. The van der Waals surface area contributed by atoms with Gasteiger partial charge in [-0.1, -0.05) is 24.3 Å². The van der Waals surface area contributed by atoms with Crippen molar-refractivity contribution in [2.24, 2.45) is 0 Å². The van der Waals surface area contributed by atoms with Crippen molar-refractivity contribution >= 4 is 37.0 Å². The lowest BCUT2D eigenvalue weighted by atomic mass is 10.1. The summed E-state index contributed by atoms with van der Waals surface area (Å²) in [5, 5.41) is 11.7.